The van der Waals surface area contributed by atoms with Gasteiger partial charge in [-0.1, -0.05) is 32.0 Å². The SMILES string of the molecule is CCNC(=O)COc1ccc(NC(=O)COc2ccccc2C(C)CC)cc1. The van der Waals surface area contributed by atoms with Crippen LogP contribution in [0.15, 0.2) is 48.5 Å². The Labute approximate surface area is 166 Å². The molecule has 0 radical (unpaired) electrons. The Kier molecular flexibility index (Phi) is 8.34. The summed E-state index contributed by atoms with van der Waals surface area (Å²) in [6, 6.07) is 14.6. The van der Waals surface area contributed by atoms with E-state index in [-0.39, 0.29) is 25.0 Å². The maximum Gasteiger partial charge on any atom is 0.262 e. The fourth-order valence-electron chi connectivity index (χ4n) is 2.61. The largest absolute Gasteiger partial charge is 0.484 e. The van der Waals surface area contributed by atoms with Gasteiger partial charge in [0.25, 0.3) is 11.8 Å². The monoisotopic (exact) mass is 384 g/mol. The number of hydrogen-bond donors (Lipinski definition) is 2. The Hall–Kier alpha value is -3.02. The molecule has 0 spiro atoms. The van der Waals surface area contributed by atoms with Gasteiger partial charge in [0.05, 0.1) is 0 Å². The van der Waals surface area contributed by atoms with Gasteiger partial charge >= 0.3 is 0 Å². The summed E-state index contributed by atoms with van der Waals surface area (Å²) in [7, 11) is 0. The molecule has 6 nitrogen and oxygen atoms in total. The molecule has 150 valence electrons. The van der Waals surface area contributed by atoms with E-state index in [0.717, 1.165) is 17.7 Å². The third-order valence-corrected chi connectivity index (χ3v) is 4.30. The minimum Gasteiger partial charge on any atom is -0.484 e. The fraction of sp³-hybridized carbons (Fsp3) is 0.364. The number of ether oxygens (including phenoxy) is 2. The molecular weight excluding hydrogens is 356 g/mol. The van der Waals surface area contributed by atoms with Crippen LogP contribution >= 0.6 is 0 Å². The Bertz CT molecular complexity index is 774. The van der Waals surface area contributed by atoms with Gasteiger partial charge in [-0.25, -0.2) is 0 Å². The van der Waals surface area contributed by atoms with Crippen LogP contribution in [-0.2, 0) is 9.59 Å². The first kappa shape index (κ1) is 21.3. The minimum absolute atomic E-state index is 0.0387. The molecule has 2 aromatic carbocycles. The number of anilines is 1. The highest BCUT2D eigenvalue weighted by atomic mass is 16.5. The lowest BCUT2D eigenvalue weighted by Gasteiger charge is -2.15. The molecule has 6 heteroatoms. The highest BCUT2D eigenvalue weighted by Crippen LogP contribution is 2.28. The number of nitrogens with one attached hydrogen (secondary N) is 2. The molecule has 0 bridgehead atoms. The quantitative estimate of drug-likeness (QED) is 0.654. The number of carbonyl (C=O) groups excluding carboxylic acids is 2. The summed E-state index contributed by atoms with van der Waals surface area (Å²) in [4.78, 5) is 23.6. The smallest absolute Gasteiger partial charge is 0.262 e. The predicted octanol–water partition coefficient (Wildman–Crippen LogP) is 3.73. The van der Waals surface area contributed by atoms with E-state index in [4.69, 9.17) is 9.47 Å². The second-order valence-corrected chi connectivity index (χ2v) is 6.45. The van der Waals surface area contributed by atoms with Gasteiger partial charge in [0.1, 0.15) is 11.5 Å². The van der Waals surface area contributed by atoms with Crippen LogP contribution in [0.2, 0.25) is 0 Å². The molecule has 2 N–H and O–H groups in total. The normalized spacial score (nSPS) is 11.4. The second-order valence-electron chi connectivity index (χ2n) is 6.45. The van der Waals surface area contributed by atoms with Gasteiger partial charge in [-0.2, -0.15) is 0 Å². The van der Waals surface area contributed by atoms with Crippen molar-refractivity contribution < 1.29 is 19.1 Å². The number of benzene rings is 2. The number of carbonyl (C=O) groups is 2. The summed E-state index contributed by atoms with van der Waals surface area (Å²) in [6.45, 7) is 6.57. The number of rotatable bonds is 10. The summed E-state index contributed by atoms with van der Waals surface area (Å²) in [5.41, 5.74) is 1.74. The highest BCUT2D eigenvalue weighted by Gasteiger charge is 2.11. The molecule has 28 heavy (non-hydrogen) atoms. The van der Waals surface area contributed by atoms with Crippen LogP contribution in [0.4, 0.5) is 5.69 Å². The van der Waals surface area contributed by atoms with Gasteiger partial charge in [0.15, 0.2) is 13.2 Å². The Balaban J connectivity index is 1.84. The molecular formula is C22H28N2O4. The van der Waals surface area contributed by atoms with Gasteiger partial charge in [-0.05, 0) is 55.2 Å². The summed E-state index contributed by atoms with van der Waals surface area (Å²) in [5.74, 6) is 1.25. The van der Waals surface area contributed by atoms with Crippen LogP contribution in [0, 0.1) is 0 Å². The van der Waals surface area contributed by atoms with E-state index >= 15 is 0 Å². The average molecular weight is 384 g/mol. The van der Waals surface area contributed by atoms with Crippen molar-refractivity contribution in [2.24, 2.45) is 0 Å². The predicted molar refractivity (Wildman–Crippen MR) is 110 cm³/mol. The second kappa shape index (κ2) is 11.0. The van der Waals surface area contributed by atoms with Crippen molar-refractivity contribution in [3.05, 3.63) is 54.1 Å². The topological polar surface area (TPSA) is 76.7 Å². The number of amides is 2. The third kappa shape index (κ3) is 6.61. The first-order valence-corrected chi connectivity index (χ1v) is 9.54. The van der Waals surface area contributed by atoms with Crippen LogP contribution in [0.3, 0.4) is 0 Å². The Morgan fingerprint density at radius 1 is 0.929 bits per heavy atom. The van der Waals surface area contributed by atoms with Crippen LogP contribution < -0.4 is 20.1 Å². The van der Waals surface area contributed by atoms with Crippen LogP contribution in [-0.4, -0.2) is 31.6 Å². The summed E-state index contributed by atoms with van der Waals surface area (Å²) in [5, 5.41) is 5.45. The Morgan fingerprint density at radius 2 is 1.61 bits per heavy atom. The van der Waals surface area contributed by atoms with Crippen LogP contribution in [0.25, 0.3) is 0 Å². The van der Waals surface area contributed by atoms with Gasteiger partial charge in [0.2, 0.25) is 0 Å². The molecule has 1 unspecified atom stereocenters. The molecule has 2 aromatic rings. The van der Waals surface area contributed by atoms with Crippen molar-refractivity contribution in [1.82, 2.24) is 5.32 Å². The molecule has 0 saturated carbocycles. The molecule has 0 aliphatic rings. The van der Waals surface area contributed by atoms with Crippen LogP contribution in [0.5, 0.6) is 11.5 Å². The summed E-state index contributed by atoms with van der Waals surface area (Å²) >= 11 is 0. The number of hydrogen-bond acceptors (Lipinski definition) is 4. The van der Waals surface area contributed by atoms with Crippen molar-refractivity contribution in [3.63, 3.8) is 0 Å². The molecule has 0 fully saturated rings. The first-order valence-electron chi connectivity index (χ1n) is 9.54. The summed E-state index contributed by atoms with van der Waals surface area (Å²) in [6.07, 6.45) is 1.00. The third-order valence-electron chi connectivity index (χ3n) is 4.30. The molecule has 2 amide bonds. The maximum absolute atomic E-state index is 12.2. The van der Waals surface area contributed by atoms with E-state index in [1.54, 1.807) is 24.3 Å². The van der Waals surface area contributed by atoms with Crippen molar-refractivity contribution in [2.75, 3.05) is 25.1 Å². The molecule has 2 rings (SSSR count). The molecule has 0 aliphatic heterocycles. The lowest BCUT2D eigenvalue weighted by atomic mass is 9.98. The zero-order valence-electron chi connectivity index (χ0n) is 16.7. The molecule has 0 heterocycles. The molecule has 1 atom stereocenters. The fourth-order valence-corrected chi connectivity index (χ4v) is 2.61. The van der Waals surface area contributed by atoms with E-state index in [0.29, 0.717) is 23.9 Å². The van der Waals surface area contributed by atoms with Crippen LogP contribution in [0.1, 0.15) is 38.7 Å². The zero-order valence-corrected chi connectivity index (χ0v) is 16.7. The standard InChI is InChI=1S/C22H28N2O4/c1-4-16(3)19-8-6-7-9-20(19)28-15-22(26)24-17-10-12-18(13-11-17)27-14-21(25)23-5-2/h6-13,16H,4-5,14-15H2,1-3H3,(H,23,25)(H,24,26). The van der Waals surface area contributed by atoms with E-state index in [9.17, 15) is 9.59 Å². The van der Waals surface area contributed by atoms with Crippen molar-refractivity contribution in [1.29, 1.82) is 0 Å². The molecule has 0 aromatic heterocycles. The molecule has 0 saturated heterocycles. The van der Waals surface area contributed by atoms with Gasteiger partial charge in [-0.3, -0.25) is 9.59 Å². The van der Waals surface area contributed by atoms with Gasteiger partial charge in [-0.15, -0.1) is 0 Å². The van der Waals surface area contributed by atoms with Gasteiger partial charge < -0.3 is 20.1 Å². The lowest BCUT2D eigenvalue weighted by Crippen LogP contribution is -2.28. The number of likely N-dealkylation sites (N-methyl/N-ethyl adjacent to an activating group) is 1. The summed E-state index contributed by atoms with van der Waals surface area (Å²) < 4.78 is 11.1. The zero-order chi connectivity index (χ0) is 20.4. The van der Waals surface area contributed by atoms with E-state index in [1.807, 2.05) is 31.2 Å². The van der Waals surface area contributed by atoms with Crippen molar-refractivity contribution in [2.45, 2.75) is 33.1 Å². The molecule has 0 aliphatic carbocycles. The first-order chi connectivity index (χ1) is 13.5. The minimum atomic E-state index is -0.241. The highest BCUT2D eigenvalue weighted by molar-refractivity contribution is 5.91. The maximum atomic E-state index is 12.2. The average Bonchev–Trinajstić information content (AvgIpc) is 2.71. The lowest BCUT2D eigenvalue weighted by molar-refractivity contribution is -0.123. The van der Waals surface area contributed by atoms with E-state index in [2.05, 4.69) is 24.5 Å². The van der Waals surface area contributed by atoms with E-state index < -0.39 is 0 Å². The van der Waals surface area contributed by atoms with Gasteiger partial charge in [0, 0.05) is 12.2 Å². The van der Waals surface area contributed by atoms with E-state index in [1.165, 1.54) is 0 Å². The number of para-hydroxylation sites is 1. The Morgan fingerprint density at radius 3 is 2.29 bits per heavy atom. The van der Waals surface area contributed by atoms with Crippen molar-refractivity contribution >= 4 is 17.5 Å². The van der Waals surface area contributed by atoms with Crippen molar-refractivity contribution in [3.8, 4) is 11.5 Å².